The zero-order chi connectivity index (χ0) is 13.9. The van der Waals surface area contributed by atoms with E-state index in [9.17, 15) is 4.79 Å². The van der Waals surface area contributed by atoms with Gasteiger partial charge in [0.15, 0.2) is 5.78 Å². The molecular weight excluding hydrogens is 312 g/mol. The summed E-state index contributed by atoms with van der Waals surface area (Å²) in [4.78, 5) is 12.3. The minimum atomic E-state index is 0.187. The summed E-state index contributed by atoms with van der Waals surface area (Å²) in [7, 11) is 0. The van der Waals surface area contributed by atoms with E-state index in [0.717, 1.165) is 21.5 Å². The highest BCUT2D eigenvalue weighted by atomic mass is 79.9. The number of carbonyl (C=O) groups excluding carboxylic acids is 1. The highest BCUT2D eigenvalue weighted by Gasteiger charge is 2.19. The summed E-state index contributed by atoms with van der Waals surface area (Å²) in [6.07, 6.45) is 4.41. The predicted molar refractivity (Wildman–Crippen MR) is 85.2 cm³/mol. The van der Waals surface area contributed by atoms with Crippen LogP contribution in [-0.4, -0.2) is 5.78 Å². The normalized spacial score (nSPS) is 14.8. The van der Waals surface area contributed by atoms with Gasteiger partial charge in [-0.1, -0.05) is 58.7 Å². The Kier molecular flexibility index (Phi) is 4.02. The van der Waals surface area contributed by atoms with Crippen molar-refractivity contribution in [1.29, 1.82) is 0 Å². The molecule has 0 saturated heterocycles. The van der Waals surface area contributed by atoms with Crippen LogP contribution in [0.25, 0.3) is 0 Å². The van der Waals surface area contributed by atoms with Gasteiger partial charge in [0.25, 0.3) is 0 Å². The monoisotopic (exact) mass is 328 g/mol. The molecule has 2 heteroatoms. The molecule has 1 aliphatic carbocycles. The van der Waals surface area contributed by atoms with E-state index in [-0.39, 0.29) is 5.78 Å². The first-order valence-electron chi connectivity index (χ1n) is 7.10. The standard InChI is InChI=1S/C18H17BrO/c19-17-10-4-13(5-11-17)12-18(20)16-8-6-15(7-9-16)14-2-1-3-14/h4-11,14H,1-3,12H2. The van der Waals surface area contributed by atoms with Crippen molar-refractivity contribution < 1.29 is 4.79 Å². The molecule has 0 atom stereocenters. The highest BCUT2D eigenvalue weighted by molar-refractivity contribution is 9.10. The van der Waals surface area contributed by atoms with Crippen LogP contribution in [0.3, 0.4) is 0 Å². The van der Waals surface area contributed by atoms with E-state index >= 15 is 0 Å². The van der Waals surface area contributed by atoms with Crippen LogP contribution in [0.2, 0.25) is 0 Å². The van der Waals surface area contributed by atoms with E-state index in [1.807, 2.05) is 36.4 Å². The van der Waals surface area contributed by atoms with E-state index in [4.69, 9.17) is 0 Å². The Morgan fingerprint density at radius 1 is 1.00 bits per heavy atom. The molecule has 0 heterocycles. The number of benzene rings is 2. The molecule has 0 N–H and O–H groups in total. The zero-order valence-electron chi connectivity index (χ0n) is 11.3. The third kappa shape index (κ3) is 3.01. The van der Waals surface area contributed by atoms with Gasteiger partial charge < -0.3 is 0 Å². The molecule has 1 saturated carbocycles. The fourth-order valence-electron chi connectivity index (χ4n) is 2.57. The molecule has 0 spiro atoms. The van der Waals surface area contributed by atoms with Crippen molar-refractivity contribution in [3.8, 4) is 0 Å². The van der Waals surface area contributed by atoms with Crippen LogP contribution in [-0.2, 0) is 6.42 Å². The van der Waals surface area contributed by atoms with Crippen LogP contribution in [0.1, 0.15) is 46.7 Å². The summed E-state index contributed by atoms with van der Waals surface area (Å²) in [5, 5.41) is 0. The largest absolute Gasteiger partial charge is 0.294 e. The second-order valence-electron chi connectivity index (χ2n) is 5.48. The summed E-state index contributed by atoms with van der Waals surface area (Å²) < 4.78 is 1.04. The third-order valence-corrected chi connectivity index (χ3v) is 4.62. The van der Waals surface area contributed by atoms with Gasteiger partial charge in [0, 0.05) is 16.5 Å². The van der Waals surface area contributed by atoms with Crippen LogP contribution in [0, 0.1) is 0 Å². The van der Waals surface area contributed by atoms with E-state index < -0.39 is 0 Å². The Morgan fingerprint density at radius 2 is 1.65 bits per heavy atom. The quantitative estimate of drug-likeness (QED) is 0.710. The van der Waals surface area contributed by atoms with Gasteiger partial charge in [0.2, 0.25) is 0 Å². The molecule has 0 aliphatic heterocycles. The van der Waals surface area contributed by atoms with Crippen LogP contribution < -0.4 is 0 Å². The number of ketones is 1. The smallest absolute Gasteiger partial charge is 0.167 e. The molecule has 20 heavy (non-hydrogen) atoms. The topological polar surface area (TPSA) is 17.1 Å². The van der Waals surface area contributed by atoms with Crippen LogP contribution >= 0.6 is 15.9 Å². The molecule has 0 unspecified atom stereocenters. The molecule has 1 nitrogen and oxygen atoms in total. The second-order valence-corrected chi connectivity index (χ2v) is 6.39. The van der Waals surface area contributed by atoms with Gasteiger partial charge >= 0.3 is 0 Å². The SMILES string of the molecule is O=C(Cc1ccc(Br)cc1)c1ccc(C2CCC2)cc1. The van der Waals surface area contributed by atoms with Crippen molar-refractivity contribution in [3.05, 3.63) is 69.7 Å². The zero-order valence-corrected chi connectivity index (χ0v) is 12.9. The molecule has 2 aromatic carbocycles. The van der Waals surface area contributed by atoms with Gasteiger partial charge in [0.05, 0.1) is 0 Å². The Balaban J connectivity index is 1.68. The van der Waals surface area contributed by atoms with Gasteiger partial charge in [-0.05, 0) is 42.0 Å². The Bertz CT molecular complexity index is 594. The van der Waals surface area contributed by atoms with E-state index in [1.54, 1.807) is 0 Å². The number of Topliss-reactive ketones (excluding diaryl/α,β-unsaturated/α-hetero) is 1. The molecule has 1 fully saturated rings. The van der Waals surface area contributed by atoms with Crippen molar-refractivity contribution in [3.63, 3.8) is 0 Å². The molecule has 0 bridgehead atoms. The minimum Gasteiger partial charge on any atom is -0.294 e. The Morgan fingerprint density at radius 3 is 2.20 bits per heavy atom. The van der Waals surface area contributed by atoms with Crippen LogP contribution in [0.15, 0.2) is 53.0 Å². The molecule has 1 aliphatic rings. The first-order chi connectivity index (χ1) is 9.72. The number of hydrogen-bond donors (Lipinski definition) is 0. The van der Waals surface area contributed by atoms with Crippen LogP contribution in [0.5, 0.6) is 0 Å². The van der Waals surface area contributed by atoms with Gasteiger partial charge in [-0.25, -0.2) is 0 Å². The minimum absolute atomic E-state index is 0.187. The average molecular weight is 329 g/mol. The lowest BCUT2D eigenvalue weighted by molar-refractivity contribution is 0.0993. The first kappa shape index (κ1) is 13.6. The molecule has 0 amide bonds. The van der Waals surface area contributed by atoms with E-state index in [2.05, 4.69) is 28.1 Å². The maximum absolute atomic E-state index is 12.3. The summed E-state index contributed by atoms with van der Waals surface area (Å²) in [6.45, 7) is 0. The van der Waals surface area contributed by atoms with E-state index in [1.165, 1.54) is 24.8 Å². The van der Waals surface area contributed by atoms with Crippen molar-refractivity contribution in [2.24, 2.45) is 0 Å². The van der Waals surface area contributed by atoms with Gasteiger partial charge in [-0.2, -0.15) is 0 Å². The van der Waals surface area contributed by atoms with Crippen molar-refractivity contribution in [2.45, 2.75) is 31.6 Å². The van der Waals surface area contributed by atoms with Crippen LogP contribution in [0.4, 0.5) is 0 Å². The van der Waals surface area contributed by atoms with Crippen molar-refractivity contribution >= 4 is 21.7 Å². The summed E-state index contributed by atoms with van der Waals surface area (Å²) in [5.41, 5.74) is 3.26. The second kappa shape index (κ2) is 5.92. The lowest BCUT2D eigenvalue weighted by Crippen LogP contribution is -2.09. The van der Waals surface area contributed by atoms with Gasteiger partial charge in [0.1, 0.15) is 0 Å². The molecular formula is C18H17BrO. The number of rotatable bonds is 4. The number of hydrogen-bond acceptors (Lipinski definition) is 1. The average Bonchev–Trinajstić information content (AvgIpc) is 2.40. The fourth-order valence-corrected chi connectivity index (χ4v) is 2.84. The van der Waals surface area contributed by atoms with E-state index in [0.29, 0.717) is 6.42 Å². The maximum Gasteiger partial charge on any atom is 0.167 e. The van der Waals surface area contributed by atoms with Gasteiger partial charge in [-0.3, -0.25) is 4.79 Å². The molecule has 2 aromatic rings. The lowest BCUT2D eigenvalue weighted by Gasteiger charge is -2.25. The summed E-state index contributed by atoms with van der Waals surface area (Å²) >= 11 is 3.41. The molecule has 0 radical (unpaired) electrons. The summed E-state index contributed by atoms with van der Waals surface area (Å²) in [5.74, 6) is 0.915. The van der Waals surface area contributed by atoms with Crippen molar-refractivity contribution in [1.82, 2.24) is 0 Å². The van der Waals surface area contributed by atoms with Crippen molar-refractivity contribution in [2.75, 3.05) is 0 Å². The number of halogens is 1. The molecule has 0 aromatic heterocycles. The van der Waals surface area contributed by atoms with Gasteiger partial charge in [-0.15, -0.1) is 0 Å². The predicted octanol–water partition coefficient (Wildman–Crippen LogP) is 5.14. The molecule has 102 valence electrons. The Hall–Kier alpha value is -1.41. The Labute approximate surface area is 128 Å². The fraction of sp³-hybridized carbons (Fsp3) is 0.278. The molecule has 3 rings (SSSR count). The maximum atomic E-state index is 12.3. The lowest BCUT2D eigenvalue weighted by atomic mass is 9.80. The third-order valence-electron chi connectivity index (χ3n) is 4.09. The first-order valence-corrected chi connectivity index (χ1v) is 7.89. The summed E-state index contributed by atoms with van der Waals surface area (Å²) in [6, 6.07) is 16.1. The number of carbonyl (C=O) groups is 1. The highest BCUT2D eigenvalue weighted by Crippen LogP contribution is 2.36.